The Labute approximate surface area is 207 Å². The Bertz CT molecular complexity index is 1180. The fourth-order valence-electron chi connectivity index (χ4n) is 5.86. The van der Waals surface area contributed by atoms with Crippen LogP contribution in [0.25, 0.3) is 10.2 Å². The van der Waals surface area contributed by atoms with E-state index in [1.165, 1.54) is 10.4 Å². The maximum absolute atomic E-state index is 11.8. The molecular weight excluding hydrogens is 466 g/mol. The van der Waals surface area contributed by atoms with Crippen molar-refractivity contribution in [2.45, 2.75) is 63.0 Å². The molecule has 1 aliphatic heterocycles. The Kier molecular flexibility index (Phi) is 6.34. The zero-order chi connectivity index (χ0) is 23.8. The van der Waals surface area contributed by atoms with Gasteiger partial charge in [-0.05, 0) is 50.0 Å². The number of pyridine rings is 1. The van der Waals surface area contributed by atoms with Gasteiger partial charge < -0.3 is 25.0 Å². The van der Waals surface area contributed by atoms with E-state index in [9.17, 15) is 4.79 Å². The maximum atomic E-state index is 11.8. The number of hydrogen-bond donors (Lipinski definition) is 2. The number of primary amides is 1. The fourth-order valence-corrected chi connectivity index (χ4v) is 7.15. The van der Waals surface area contributed by atoms with Crippen LogP contribution in [-0.4, -0.2) is 59.4 Å². The van der Waals surface area contributed by atoms with E-state index in [2.05, 4.69) is 15.4 Å². The summed E-state index contributed by atoms with van der Waals surface area (Å²) in [6.45, 7) is 3.73. The van der Waals surface area contributed by atoms with Gasteiger partial charge in [0.2, 0.25) is 11.8 Å². The first kappa shape index (κ1) is 22.8. The third-order valence-corrected chi connectivity index (χ3v) is 8.66. The van der Waals surface area contributed by atoms with Gasteiger partial charge in [-0.15, -0.1) is 11.3 Å². The van der Waals surface area contributed by atoms with Crippen LogP contribution in [0.3, 0.4) is 0 Å². The molecule has 6 rings (SSSR count). The summed E-state index contributed by atoms with van der Waals surface area (Å²) in [6.07, 6.45) is 8.32. The third kappa shape index (κ3) is 4.74. The lowest BCUT2D eigenvalue weighted by molar-refractivity contribution is -0.118. The first-order valence-corrected chi connectivity index (χ1v) is 13.4. The molecule has 3 aromatic rings. The van der Waals surface area contributed by atoms with Crippen LogP contribution in [0.15, 0.2) is 22.9 Å². The van der Waals surface area contributed by atoms with Crippen molar-refractivity contribution in [2.75, 3.05) is 31.6 Å². The number of carbonyl (C=O) groups excluding carboxylic acids is 1. The average Bonchev–Trinajstić information content (AvgIpc) is 3.58. The second-order valence-corrected chi connectivity index (χ2v) is 10.8. The Balaban J connectivity index is 1.28. The van der Waals surface area contributed by atoms with Gasteiger partial charge in [-0.1, -0.05) is 5.16 Å². The maximum Gasteiger partial charge on any atom is 0.230 e. The molecule has 0 spiro atoms. The summed E-state index contributed by atoms with van der Waals surface area (Å²) in [4.78, 5) is 21.4. The fraction of sp³-hybridized carbons (Fsp3) is 0.560. The average molecular weight is 498 g/mol. The molecule has 1 amide bonds. The standard InChI is InChI=1S/C25H31N5O4S/c26-20(31)13-15-1-6-19-23(15)24-18(14-21(29-25(24)35-19)28-22-7-8-27-34-22)33-17-4-2-16(3-5-17)30-9-11-32-12-10-30/h7-8,14-17H,1-6,9-13H2,(H2,26,31)(H,28,29)/t15-,16-,17-/m1/s1. The smallest absolute Gasteiger partial charge is 0.230 e. The lowest BCUT2D eigenvalue weighted by Crippen LogP contribution is -2.46. The molecule has 186 valence electrons. The molecule has 2 fully saturated rings. The zero-order valence-electron chi connectivity index (χ0n) is 19.7. The van der Waals surface area contributed by atoms with Gasteiger partial charge in [-0.2, -0.15) is 0 Å². The van der Waals surface area contributed by atoms with Crippen molar-refractivity contribution in [1.82, 2.24) is 15.0 Å². The topological polar surface area (TPSA) is 116 Å². The van der Waals surface area contributed by atoms with E-state index in [1.54, 1.807) is 23.6 Å². The van der Waals surface area contributed by atoms with E-state index in [0.717, 1.165) is 80.8 Å². The van der Waals surface area contributed by atoms with Crippen molar-refractivity contribution in [3.63, 3.8) is 0 Å². The highest BCUT2D eigenvalue weighted by Gasteiger charge is 2.33. The van der Waals surface area contributed by atoms with E-state index in [4.69, 9.17) is 24.7 Å². The van der Waals surface area contributed by atoms with Crippen molar-refractivity contribution < 1.29 is 18.8 Å². The molecular formula is C25H31N5O4S. The van der Waals surface area contributed by atoms with Gasteiger partial charge in [0.15, 0.2) is 0 Å². The first-order valence-electron chi connectivity index (χ1n) is 12.5. The van der Waals surface area contributed by atoms with E-state index in [0.29, 0.717) is 24.2 Å². The highest BCUT2D eigenvalue weighted by atomic mass is 32.1. The van der Waals surface area contributed by atoms with E-state index >= 15 is 0 Å². The van der Waals surface area contributed by atoms with Crippen LogP contribution in [0.5, 0.6) is 5.75 Å². The van der Waals surface area contributed by atoms with Gasteiger partial charge in [0, 0.05) is 42.6 Å². The predicted molar refractivity (Wildman–Crippen MR) is 133 cm³/mol. The van der Waals surface area contributed by atoms with Gasteiger partial charge in [0.05, 0.1) is 30.9 Å². The van der Waals surface area contributed by atoms with Crippen molar-refractivity contribution in [3.8, 4) is 5.75 Å². The second-order valence-electron chi connectivity index (χ2n) is 9.73. The summed E-state index contributed by atoms with van der Waals surface area (Å²) >= 11 is 1.69. The molecule has 0 unspecified atom stereocenters. The normalized spacial score (nSPS) is 25.0. The molecule has 3 aromatic heterocycles. The van der Waals surface area contributed by atoms with Gasteiger partial charge in [-0.25, -0.2) is 4.98 Å². The number of hydrogen-bond acceptors (Lipinski definition) is 9. The molecule has 35 heavy (non-hydrogen) atoms. The molecule has 9 nitrogen and oxygen atoms in total. The van der Waals surface area contributed by atoms with Crippen LogP contribution in [0, 0.1) is 0 Å². The monoisotopic (exact) mass is 497 g/mol. The SMILES string of the molecule is NC(=O)C[C@H]1CCc2sc3nc(Nc4ccno4)cc(O[C@H]4CC[C@H](N5CCOCC5)CC4)c3c21. The number of thiophene rings is 1. The number of rotatable bonds is 7. The molecule has 1 atom stereocenters. The Hall–Kier alpha value is -2.69. The van der Waals surface area contributed by atoms with Gasteiger partial charge in [0.1, 0.15) is 16.4 Å². The minimum absolute atomic E-state index is 0.130. The Morgan fingerprint density at radius 1 is 1.23 bits per heavy atom. The van der Waals surface area contributed by atoms with Crippen LogP contribution in [0.2, 0.25) is 0 Å². The molecule has 4 heterocycles. The number of aryl methyl sites for hydroxylation is 1. The van der Waals surface area contributed by atoms with Crippen molar-refractivity contribution >= 4 is 39.2 Å². The van der Waals surface area contributed by atoms with Crippen molar-refractivity contribution in [2.24, 2.45) is 5.73 Å². The third-order valence-electron chi connectivity index (χ3n) is 7.50. The molecule has 0 bridgehead atoms. The molecule has 3 N–H and O–H groups in total. The number of aromatic nitrogens is 2. The summed E-state index contributed by atoms with van der Waals surface area (Å²) in [5.74, 6) is 1.90. The Morgan fingerprint density at radius 2 is 2.06 bits per heavy atom. The summed E-state index contributed by atoms with van der Waals surface area (Å²) in [7, 11) is 0. The van der Waals surface area contributed by atoms with Gasteiger partial charge in [-0.3, -0.25) is 9.69 Å². The number of nitrogens with one attached hydrogen (secondary N) is 1. The summed E-state index contributed by atoms with van der Waals surface area (Å²) in [6, 6.07) is 4.34. The molecule has 2 aliphatic carbocycles. The predicted octanol–water partition coefficient (Wildman–Crippen LogP) is 3.96. The molecule has 0 radical (unpaired) electrons. The number of morpholine rings is 1. The summed E-state index contributed by atoms with van der Waals surface area (Å²) in [5, 5.41) is 8.02. The van der Waals surface area contributed by atoms with Crippen LogP contribution < -0.4 is 15.8 Å². The highest BCUT2D eigenvalue weighted by molar-refractivity contribution is 7.19. The lowest BCUT2D eigenvalue weighted by atomic mass is 9.91. The van der Waals surface area contributed by atoms with Crippen molar-refractivity contribution in [1.29, 1.82) is 0 Å². The number of nitrogens with two attached hydrogens (primary N) is 1. The summed E-state index contributed by atoms with van der Waals surface area (Å²) in [5.41, 5.74) is 6.79. The first-order chi connectivity index (χ1) is 17.1. The van der Waals surface area contributed by atoms with E-state index in [-0.39, 0.29) is 17.9 Å². The summed E-state index contributed by atoms with van der Waals surface area (Å²) < 4.78 is 17.5. The molecule has 3 aliphatic rings. The number of anilines is 2. The van der Waals surface area contributed by atoms with Crippen LogP contribution >= 0.6 is 11.3 Å². The van der Waals surface area contributed by atoms with Gasteiger partial charge >= 0.3 is 0 Å². The van der Waals surface area contributed by atoms with Crippen LogP contribution in [-0.2, 0) is 16.0 Å². The van der Waals surface area contributed by atoms with Gasteiger partial charge in [0.25, 0.3) is 0 Å². The molecule has 1 saturated heterocycles. The van der Waals surface area contributed by atoms with E-state index < -0.39 is 0 Å². The molecule has 10 heteroatoms. The van der Waals surface area contributed by atoms with E-state index in [1.807, 2.05) is 6.07 Å². The minimum Gasteiger partial charge on any atom is -0.490 e. The number of carbonyl (C=O) groups is 1. The number of nitrogens with zero attached hydrogens (tertiary/aromatic N) is 3. The van der Waals surface area contributed by atoms with Crippen LogP contribution in [0.4, 0.5) is 11.7 Å². The zero-order valence-corrected chi connectivity index (χ0v) is 20.5. The van der Waals surface area contributed by atoms with Crippen molar-refractivity contribution in [3.05, 3.63) is 28.8 Å². The Morgan fingerprint density at radius 3 is 2.80 bits per heavy atom. The molecule has 1 saturated carbocycles. The number of ether oxygens (including phenoxy) is 2. The second kappa shape index (κ2) is 9.75. The van der Waals surface area contributed by atoms with Crippen LogP contribution in [0.1, 0.15) is 54.9 Å². The minimum atomic E-state index is -0.261. The lowest BCUT2D eigenvalue weighted by Gasteiger charge is -2.38. The molecule has 0 aromatic carbocycles. The quantitative estimate of drug-likeness (QED) is 0.504. The number of amides is 1. The highest BCUT2D eigenvalue weighted by Crippen LogP contribution is 2.49. The number of fused-ring (bicyclic) bond motifs is 3. The largest absolute Gasteiger partial charge is 0.490 e.